The Kier molecular flexibility index (Phi) is 7.30. The first-order valence-corrected chi connectivity index (χ1v) is 14.8. The summed E-state index contributed by atoms with van der Waals surface area (Å²) in [6.45, 7) is -1.05. The van der Waals surface area contributed by atoms with Gasteiger partial charge in [-0.15, -0.1) is 0 Å². The third-order valence-electron chi connectivity index (χ3n) is 8.35. The number of carbonyl (C=O) groups is 2. The number of nitriles is 1. The molecule has 2 heterocycles. The molecule has 2 aliphatic carbocycles. The van der Waals surface area contributed by atoms with Gasteiger partial charge in [-0.05, 0) is 50.3 Å². The minimum atomic E-state index is -5.38. The first-order chi connectivity index (χ1) is 20.6. The van der Waals surface area contributed by atoms with E-state index in [1.807, 2.05) is 6.07 Å². The van der Waals surface area contributed by atoms with Crippen LogP contribution in [-0.2, 0) is 38.8 Å². The molecule has 9 nitrogen and oxygen atoms in total. The van der Waals surface area contributed by atoms with Crippen LogP contribution in [0, 0.1) is 16.7 Å². The fraction of sp³-hybridized carbons (Fsp3) is 0.538. The van der Waals surface area contributed by atoms with Gasteiger partial charge in [-0.25, -0.2) is 8.42 Å². The molecule has 1 aromatic heterocycles. The standard InChI is InChI=1S/C26H22F9N5O4S/c1-39-16(10-19(38-39)25(30,31)32)13-2-3-18(15(8-13)24(27,28)29)45(43,44)14-9-17(20(41)37-22(12-36)4-5-22)40(11-14)21(42)23(6-7-23)26(33,34)35/h2-3,8,10,14,17H,4-7,9,11H2,1H3,(H,37,41)/t14-,17+/m1/s1. The van der Waals surface area contributed by atoms with Crippen molar-refractivity contribution in [3.63, 3.8) is 0 Å². The maximum Gasteiger partial charge on any atom is 0.435 e. The molecular weight excluding hydrogens is 649 g/mol. The van der Waals surface area contributed by atoms with Crippen LogP contribution in [0.4, 0.5) is 39.5 Å². The van der Waals surface area contributed by atoms with E-state index < -0.39 is 116 Å². The third kappa shape index (κ3) is 5.61. The van der Waals surface area contributed by atoms with Crippen LogP contribution >= 0.6 is 0 Å². The number of likely N-dealkylation sites (tertiary alicyclic amines) is 1. The zero-order chi connectivity index (χ0) is 33.5. The number of aryl methyl sites for hydroxylation is 1. The van der Waals surface area contributed by atoms with Crippen LogP contribution in [0.1, 0.15) is 43.4 Å². The molecule has 1 aromatic carbocycles. The molecule has 45 heavy (non-hydrogen) atoms. The highest BCUT2D eigenvalue weighted by Gasteiger charge is 2.70. The predicted molar refractivity (Wildman–Crippen MR) is 133 cm³/mol. The molecule has 244 valence electrons. The molecule has 19 heteroatoms. The summed E-state index contributed by atoms with van der Waals surface area (Å²) in [6, 6.07) is 2.06. The Bertz CT molecular complexity index is 1720. The number of aromatic nitrogens is 2. The number of nitrogens with one attached hydrogen (secondary N) is 1. The van der Waals surface area contributed by atoms with Crippen LogP contribution in [0.25, 0.3) is 11.3 Å². The molecule has 0 bridgehead atoms. The van der Waals surface area contributed by atoms with Gasteiger partial charge in [0.2, 0.25) is 11.8 Å². The van der Waals surface area contributed by atoms with E-state index in [2.05, 4.69) is 10.4 Å². The monoisotopic (exact) mass is 671 g/mol. The summed E-state index contributed by atoms with van der Waals surface area (Å²) >= 11 is 0. The molecule has 3 fully saturated rings. The van der Waals surface area contributed by atoms with Crippen LogP contribution < -0.4 is 5.32 Å². The lowest BCUT2D eigenvalue weighted by Crippen LogP contribution is -2.53. The van der Waals surface area contributed by atoms with Crippen molar-refractivity contribution in [1.82, 2.24) is 20.0 Å². The van der Waals surface area contributed by atoms with E-state index in [-0.39, 0.29) is 12.8 Å². The molecule has 2 amide bonds. The number of nitrogens with zero attached hydrogens (tertiary/aromatic N) is 4. The number of halogens is 9. The van der Waals surface area contributed by atoms with Gasteiger partial charge in [-0.3, -0.25) is 14.3 Å². The van der Waals surface area contributed by atoms with E-state index in [0.29, 0.717) is 27.8 Å². The molecule has 2 atom stereocenters. The summed E-state index contributed by atoms with van der Waals surface area (Å²) in [5.74, 6) is -2.72. The van der Waals surface area contributed by atoms with E-state index >= 15 is 0 Å². The molecular formula is C26H22F9N5O4S. The van der Waals surface area contributed by atoms with Gasteiger partial charge in [0.1, 0.15) is 17.0 Å². The molecule has 2 aromatic rings. The van der Waals surface area contributed by atoms with Crippen molar-refractivity contribution in [3.05, 3.63) is 35.5 Å². The number of sulfone groups is 1. The van der Waals surface area contributed by atoms with Crippen molar-refractivity contribution in [2.24, 2.45) is 12.5 Å². The van der Waals surface area contributed by atoms with Crippen LogP contribution in [0.5, 0.6) is 0 Å². The summed E-state index contributed by atoms with van der Waals surface area (Å²) in [7, 11) is -4.12. The van der Waals surface area contributed by atoms with E-state index in [1.54, 1.807) is 0 Å². The normalized spacial score (nSPS) is 22.6. The van der Waals surface area contributed by atoms with Gasteiger partial charge in [0.15, 0.2) is 15.5 Å². The van der Waals surface area contributed by atoms with E-state index in [4.69, 9.17) is 0 Å². The van der Waals surface area contributed by atoms with Gasteiger partial charge in [-0.1, -0.05) is 6.07 Å². The second-order valence-electron chi connectivity index (χ2n) is 11.4. The summed E-state index contributed by atoms with van der Waals surface area (Å²) < 4.78 is 152. The van der Waals surface area contributed by atoms with Crippen molar-refractivity contribution in [2.45, 2.75) is 72.4 Å². The molecule has 3 aliphatic rings. The first kappa shape index (κ1) is 32.6. The van der Waals surface area contributed by atoms with Crippen LogP contribution in [0.3, 0.4) is 0 Å². The third-order valence-corrected chi connectivity index (χ3v) is 10.5. The summed E-state index contributed by atoms with van der Waals surface area (Å²) in [5, 5.41) is 12.9. The maximum atomic E-state index is 14.2. The number of benzene rings is 1. The van der Waals surface area contributed by atoms with Gasteiger partial charge in [-0.2, -0.15) is 49.9 Å². The number of amides is 2. The van der Waals surface area contributed by atoms with Crippen molar-refractivity contribution < 1.29 is 57.5 Å². The summed E-state index contributed by atoms with van der Waals surface area (Å²) in [5.41, 5.74) is -8.34. The number of alkyl halides is 9. The Morgan fingerprint density at radius 1 is 1.00 bits per heavy atom. The Labute approximate surface area is 248 Å². The maximum absolute atomic E-state index is 14.2. The van der Waals surface area contributed by atoms with E-state index in [1.165, 1.54) is 0 Å². The topological polar surface area (TPSA) is 125 Å². The Morgan fingerprint density at radius 2 is 1.62 bits per heavy atom. The number of carbonyl (C=O) groups excluding carboxylic acids is 2. The highest BCUT2D eigenvalue weighted by atomic mass is 32.2. The summed E-state index contributed by atoms with van der Waals surface area (Å²) in [4.78, 5) is 25.4. The lowest BCUT2D eigenvalue weighted by Gasteiger charge is -2.29. The van der Waals surface area contributed by atoms with Crippen molar-refractivity contribution in [2.75, 3.05) is 6.54 Å². The number of rotatable bonds is 6. The van der Waals surface area contributed by atoms with Gasteiger partial charge in [0, 0.05) is 19.2 Å². The average molecular weight is 672 g/mol. The Balaban J connectivity index is 1.53. The Morgan fingerprint density at radius 3 is 2.09 bits per heavy atom. The predicted octanol–water partition coefficient (Wildman–Crippen LogP) is 4.38. The quantitative estimate of drug-likeness (QED) is 0.455. The highest BCUT2D eigenvalue weighted by Crippen LogP contribution is 2.59. The van der Waals surface area contributed by atoms with Gasteiger partial charge >= 0.3 is 18.5 Å². The fourth-order valence-electron chi connectivity index (χ4n) is 5.44. The largest absolute Gasteiger partial charge is 0.435 e. The molecule has 1 aliphatic heterocycles. The van der Waals surface area contributed by atoms with Crippen molar-refractivity contribution in [1.29, 1.82) is 5.26 Å². The number of hydrogen-bond acceptors (Lipinski definition) is 6. The van der Waals surface area contributed by atoms with Crippen molar-refractivity contribution >= 4 is 21.7 Å². The van der Waals surface area contributed by atoms with Gasteiger partial charge in [0.25, 0.3) is 0 Å². The van der Waals surface area contributed by atoms with Crippen LogP contribution in [0.15, 0.2) is 29.2 Å². The first-order valence-electron chi connectivity index (χ1n) is 13.2. The van der Waals surface area contributed by atoms with Gasteiger partial charge in [0.05, 0.1) is 27.5 Å². The molecule has 1 saturated heterocycles. The minimum absolute atomic E-state index is 0.187. The Hall–Kier alpha value is -3.82. The second kappa shape index (κ2) is 10.1. The molecule has 0 radical (unpaired) electrons. The molecule has 1 N–H and O–H groups in total. The van der Waals surface area contributed by atoms with Gasteiger partial charge < -0.3 is 10.2 Å². The molecule has 0 spiro atoms. The van der Waals surface area contributed by atoms with Crippen LogP contribution in [-0.4, -0.2) is 64.5 Å². The smallest absolute Gasteiger partial charge is 0.336 e. The van der Waals surface area contributed by atoms with Crippen molar-refractivity contribution in [3.8, 4) is 17.3 Å². The zero-order valence-corrected chi connectivity index (χ0v) is 23.8. The number of hydrogen-bond donors (Lipinski definition) is 1. The SMILES string of the molecule is Cn1nc(C(F)(F)F)cc1-c1ccc(S(=O)(=O)[C@@H]2C[C@@H](C(=O)NC3(C#N)CC3)N(C(=O)C3(C(F)(F)F)CC3)C2)c(C(F)(F)F)c1. The molecule has 0 unspecified atom stereocenters. The highest BCUT2D eigenvalue weighted by molar-refractivity contribution is 7.92. The summed E-state index contributed by atoms with van der Waals surface area (Å²) in [6.07, 6.45) is -17.1. The van der Waals surface area contributed by atoms with Crippen LogP contribution in [0.2, 0.25) is 0 Å². The van der Waals surface area contributed by atoms with E-state index in [0.717, 1.165) is 13.1 Å². The second-order valence-corrected chi connectivity index (χ2v) is 13.6. The average Bonchev–Trinajstić information content (AvgIpc) is 3.81. The minimum Gasteiger partial charge on any atom is -0.336 e. The lowest BCUT2D eigenvalue weighted by molar-refractivity contribution is -0.199. The zero-order valence-electron chi connectivity index (χ0n) is 22.9. The fourth-order valence-corrected chi connectivity index (χ4v) is 7.33. The lowest BCUT2D eigenvalue weighted by atomic mass is 10.0. The molecule has 5 rings (SSSR count). The van der Waals surface area contributed by atoms with E-state index in [9.17, 15) is 62.8 Å². The molecule has 2 saturated carbocycles.